The van der Waals surface area contributed by atoms with Crippen molar-refractivity contribution < 1.29 is 13.9 Å². The lowest BCUT2D eigenvalue weighted by atomic mass is 9.73. The van der Waals surface area contributed by atoms with Gasteiger partial charge in [-0.3, -0.25) is 4.79 Å². The first-order chi connectivity index (χ1) is 13.8. The first-order valence-electron chi connectivity index (χ1n) is 9.75. The number of hydrogen-bond donors (Lipinski definition) is 0. The molecule has 1 saturated heterocycles. The molecule has 3 heterocycles. The molecule has 1 amide bonds. The van der Waals surface area contributed by atoms with E-state index in [2.05, 4.69) is 29.6 Å². The van der Waals surface area contributed by atoms with E-state index < -0.39 is 5.41 Å². The Hall–Kier alpha value is -2.37. The fourth-order valence-electron chi connectivity index (χ4n) is 3.95. The second-order valence-corrected chi connectivity index (χ2v) is 8.23. The van der Waals surface area contributed by atoms with Gasteiger partial charge < -0.3 is 14.1 Å². The van der Waals surface area contributed by atoms with Crippen LogP contribution in [0.1, 0.15) is 29.0 Å². The van der Waals surface area contributed by atoms with Gasteiger partial charge in [-0.25, -0.2) is 0 Å². The third kappa shape index (κ3) is 4.05. The van der Waals surface area contributed by atoms with E-state index in [1.165, 1.54) is 4.88 Å². The van der Waals surface area contributed by atoms with Crippen LogP contribution in [0, 0.1) is 0 Å². The van der Waals surface area contributed by atoms with Crippen molar-refractivity contribution in [3.8, 4) is 0 Å². The highest BCUT2D eigenvalue weighted by Gasteiger charge is 2.44. The summed E-state index contributed by atoms with van der Waals surface area (Å²) in [6.07, 6.45) is 3.94. The number of rotatable bonds is 7. The van der Waals surface area contributed by atoms with E-state index in [1.807, 2.05) is 35.2 Å². The molecule has 1 aliphatic heterocycles. The summed E-state index contributed by atoms with van der Waals surface area (Å²) >= 11 is 1.73. The fourth-order valence-corrected chi connectivity index (χ4v) is 4.65. The van der Waals surface area contributed by atoms with E-state index in [4.69, 9.17) is 9.15 Å². The van der Waals surface area contributed by atoms with Crippen LogP contribution >= 0.6 is 11.3 Å². The minimum Gasteiger partial charge on any atom is -0.467 e. The molecule has 28 heavy (non-hydrogen) atoms. The predicted molar refractivity (Wildman–Crippen MR) is 110 cm³/mol. The van der Waals surface area contributed by atoms with E-state index in [9.17, 15) is 4.79 Å². The zero-order valence-corrected chi connectivity index (χ0v) is 16.7. The second kappa shape index (κ2) is 8.76. The van der Waals surface area contributed by atoms with Gasteiger partial charge >= 0.3 is 0 Å². The summed E-state index contributed by atoms with van der Waals surface area (Å²) < 4.78 is 11.2. The minimum absolute atomic E-state index is 0.176. The molecule has 5 heteroatoms. The van der Waals surface area contributed by atoms with Crippen LogP contribution in [0.25, 0.3) is 0 Å². The van der Waals surface area contributed by atoms with E-state index in [0.717, 1.165) is 17.7 Å². The van der Waals surface area contributed by atoms with Crippen molar-refractivity contribution in [1.82, 2.24) is 4.90 Å². The molecule has 1 aromatic carbocycles. The topological polar surface area (TPSA) is 42.7 Å². The first-order valence-corrected chi connectivity index (χ1v) is 10.6. The van der Waals surface area contributed by atoms with Gasteiger partial charge in [-0.1, -0.05) is 36.4 Å². The molecule has 0 radical (unpaired) electrons. The highest BCUT2D eigenvalue weighted by atomic mass is 32.1. The Morgan fingerprint density at radius 1 is 1.04 bits per heavy atom. The van der Waals surface area contributed by atoms with Crippen molar-refractivity contribution in [1.29, 1.82) is 0 Å². The van der Waals surface area contributed by atoms with Gasteiger partial charge in [0.25, 0.3) is 0 Å². The van der Waals surface area contributed by atoms with Crippen LogP contribution in [-0.4, -0.2) is 30.6 Å². The maximum absolute atomic E-state index is 13.9. The highest BCUT2D eigenvalue weighted by Crippen LogP contribution is 2.37. The molecule has 0 aliphatic carbocycles. The normalized spacial score (nSPS) is 16.0. The molecule has 0 unspecified atom stereocenters. The first kappa shape index (κ1) is 19.0. The summed E-state index contributed by atoms with van der Waals surface area (Å²) in [6, 6.07) is 18.2. The molecule has 3 aromatic rings. The average Bonchev–Trinajstić information content (AvgIpc) is 3.46. The zero-order chi connectivity index (χ0) is 19.2. The minimum atomic E-state index is -0.526. The summed E-state index contributed by atoms with van der Waals surface area (Å²) in [5, 5.41) is 2.08. The van der Waals surface area contributed by atoms with E-state index in [-0.39, 0.29) is 5.91 Å². The Labute approximate surface area is 169 Å². The van der Waals surface area contributed by atoms with Crippen LogP contribution in [-0.2, 0) is 27.9 Å². The monoisotopic (exact) mass is 395 g/mol. The number of nitrogens with zero attached hydrogens (tertiary/aromatic N) is 1. The molecule has 1 aliphatic rings. The maximum atomic E-state index is 13.9. The van der Waals surface area contributed by atoms with Crippen LogP contribution in [0.15, 0.2) is 70.7 Å². The van der Waals surface area contributed by atoms with Crippen molar-refractivity contribution >= 4 is 17.2 Å². The molecular formula is C23H25NO3S. The highest BCUT2D eigenvalue weighted by molar-refractivity contribution is 7.09. The van der Waals surface area contributed by atoms with Crippen molar-refractivity contribution in [2.24, 2.45) is 0 Å². The molecule has 2 aromatic heterocycles. The van der Waals surface area contributed by atoms with Crippen LogP contribution in [0.2, 0.25) is 0 Å². The standard InChI is InChI=1S/C23H25NO3S/c25-22(23(11-15-26-16-12-23)19-6-2-1-3-7-19)24(18-20-8-4-14-27-20)13-10-21-9-5-17-28-21/h1-9,14,17H,10-13,15-16,18H2. The van der Waals surface area contributed by atoms with Crippen molar-refractivity contribution in [3.63, 3.8) is 0 Å². The van der Waals surface area contributed by atoms with E-state index in [1.54, 1.807) is 17.6 Å². The van der Waals surface area contributed by atoms with Crippen LogP contribution < -0.4 is 0 Å². The van der Waals surface area contributed by atoms with E-state index in [0.29, 0.717) is 39.1 Å². The summed E-state index contributed by atoms with van der Waals surface area (Å²) in [4.78, 5) is 17.2. The second-order valence-electron chi connectivity index (χ2n) is 7.20. The molecule has 0 spiro atoms. The Kier molecular flexibility index (Phi) is 5.93. The van der Waals surface area contributed by atoms with E-state index >= 15 is 0 Å². The number of thiophene rings is 1. The van der Waals surface area contributed by atoms with Crippen molar-refractivity contribution in [2.45, 2.75) is 31.2 Å². The molecule has 0 bridgehead atoms. The lowest BCUT2D eigenvalue weighted by Gasteiger charge is -2.40. The van der Waals surface area contributed by atoms with Gasteiger partial charge in [-0.15, -0.1) is 11.3 Å². The SMILES string of the molecule is O=C(N(CCc1cccs1)Cc1ccco1)C1(c2ccccc2)CCOCC1. The maximum Gasteiger partial charge on any atom is 0.233 e. The van der Waals surface area contributed by atoms with Crippen LogP contribution in [0.3, 0.4) is 0 Å². The lowest BCUT2D eigenvalue weighted by Crippen LogP contribution is -2.50. The van der Waals surface area contributed by atoms with Gasteiger partial charge in [0.05, 0.1) is 18.2 Å². The van der Waals surface area contributed by atoms with Gasteiger partial charge in [-0.05, 0) is 48.4 Å². The van der Waals surface area contributed by atoms with Crippen LogP contribution in [0.4, 0.5) is 0 Å². The molecular weight excluding hydrogens is 370 g/mol. The summed E-state index contributed by atoms with van der Waals surface area (Å²) in [7, 11) is 0. The summed E-state index contributed by atoms with van der Waals surface area (Å²) in [5.74, 6) is 0.991. The third-order valence-corrected chi connectivity index (χ3v) is 6.44. The molecule has 0 atom stereocenters. The summed E-state index contributed by atoms with van der Waals surface area (Å²) in [6.45, 7) is 2.39. The van der Waals surface area contributed by atoms with Gasteiger partial charge in [0.1, 0.15) is 5.76 Å². The molecule has 4 rings (SSSR count). The number of amides is 1. The Balaban J connectivity index is 1.62. The predicted octanol–water partition coefficient (Wildman–Crippen LogP) is 4.66. The van der Waals surface area contributed by atoms with Crippen LogP contribution in [0.5, 0.6) is 0 Å². The number of ether oxygens (including phenoxy) is 1. The lowest BCUT2D eigenvalue weighted by molar-refractivity contribution is -0.142. The molecule has 4 nitrogen and oxygen atoms in total. The molecule has 1 fully saturated rings. The number of carbonyl (C=O) groups is 1. The molecule has 0 saturated carbocycles. The zero-order valence-electron chi connectivity index (χ0n) is 15.9. The molecule has 0 N–H and O–H groups in total. The Morgan fingerprint density at radius 3 is 2.54 bits per heavy atom. The number of carbonyl (C=O) groups excluding carboxylic acids is 1. The largest absolute Gasteiger partial charge is 0.467 e. The number of furan rings is 1. The molecule has 146 valence electrons. The summed E-state index contributed by atoms with van der Waals surface area (Å²) in [5.41, 5.74) is 0.561. The van der Waals surface area contributed by atoms with Crippen molar-refractivity contribution in [2.75, 3.05) is 19.8 Å². The Morgan fingerprint density at radius 2 is 1.86 bits per heavy atom. The third-order valence-electron chi connectivity index (χ3n) is 5.50. The smallest absolute Gasteiger partial charge is 0.233 e. The number of hydrogen-bond acceptors (Lipinski definition) is 4. The van der Waals surface area contributed by atoms with Gasteiger partial charge in [0.15, 0.2) is 0 Å². The van der Waals surface area contributed by atoms with Crippen molar-refractivity contribution in [3.05, 3.63) is 82.4 Å². The van der Waals surface area contributed by atoms with Gasteiger partial charge in [-0.2, -0.15) is 0 Å². The quantitative estimate of drug-likeness (QED) is 0.584. The average molecular weight is 396 g/mol. The Bertz CT molecular complexity index is 853. The van der Waals surface area contributed by atoms with Gasteiger partial charge in [0, 0.05) is 24.6 Å². The fraction of sp³-hybridized carbons (Fsp3) is 0.348. The number of benzene rings is 1. The van der Waals surface area contributed by atoms with Gasteiger partial charge in [0.2, 0.25) is 5.91 Å².